The first kappa shape index (κ1) is 17.3. The molecule has 27 heavy (non-hydrogen) atoms. The average Bonchev–Trinajstić information content (AvgIpc) is 2.71. The molecular formula is C20H19N3O4. The number of aromatic nitrogens is 2. The molecule has 1 aromatic carbocycles. The van der Waals surface area contributed by atoms with Crippen LogP contribution in [-0.4, -0.2) is 39.3 Å². The van der Waals surface area contributed by atoms with Crippen LogP contribution in [0.3, 0.4) is 0 Å². The summed E-state index contributed by atoms with van der Waals surface area (Å²) < 4.78 is 10.5. The number of anilines is 1. The van der Waals surface area contributed by atoms with Crippen molar-refractivity contribution in [1.82, 2.24) is 9.97 Å². The number of rotatable bonds is 4. The molecule has 1 aliphatic heterocycles. The summed E-state index contributed by atoms with van der Waals surface area (Å²) in [5.41, 5.74) is -0.0980. The van der Waals surface area contributed by atoms with Gasteiger partial charge in [0.15, 0.2) is 18.8 Å². The van der Waals surface area contributed by atoms with E-state index in [1.807, 2.05) is 18.2 Å². The highest BCUT2D eigenvalue weighted by Crippen LogP contribution is 2.44. The average molecular weight is 365 g/mol. The summed E-state index contributed by atoms with van der Waals surface area (Å²) >= 11 is 0. The SMILES string of the molecule is Oc1ccccc1C1(c2nccnc2NC2C=COCO2)C=CC=CC1O. The minimum Gasteiger partial charge on any atom is -0.508 e. The van der Waals surface area contributed by atoms with Crippen LogP contribution in [-0.2, 0) is 14.9 Å². The number of phenolic OH excluding ortho intramolecular Hbond substituents is 1. The van der Waals surface area contributed by atoms with Crippen LogP contribution in [0.4, 0.5) is 5.82 Å². The summed E-state index contributed by atoms with van der Waals surface area (Å²) in [5.74, 6) is 0.506. The third-order valence-electron chi connectivity index (χ3n) is 4.61. The van der Waals surface area contributed by atoms with Gasteiger partial charge in [-0.05, 0) is 12.1 Å². The Morgan fingerprint density at radius 1 is 1.11 bits per heavy atom. The maximum Gasteiger partial charge on any atom is 0.190 e. The molecule has 4 rings (SSSR count). The second-order valence-corrected chi connectivity index (χ2v) is 6.17. The van der Waals surface area contributed by atoms with Gasteiger partial charge in [0.2, 0.25) is 0 Å². The van der Waals surface area contributed by atoms with E-state index in [9.17, 15) is 10.2 Å². The fourth-order valence-corrected chi connectivity index (χ4v) is 3.35. The minimum absolute atomic E-state index is 0.0651. The highest BCUT2D eigenvalue weighted by molar-refractivity contribution is 5.59. The minimum atomic E-state index is -1.11. The van der Waals surface area contributed by atoms with E-state index in [1.165, 1.54) is 0 Å². The lowest BCUT2D eigenvalue weighted by molar-refractivity contribution is -0.0475. The Morgan fingerprint density at radius 3 is 2.74 bits per heavy atom. The van der Waals surface area contributed by atoms with E-state index in [4.69, 9.17) is 9.47 Å². The zero-order valence-electron chi connectivity index (χ0n) is 14.4. The number of nitrogens with zero attached hydrogens (tertiary/aromatic N) is 2. The number of aromatic hydroxyl groups is 1. The van der Waals surface area contributed by atoms with Crippen molar-refractivity contribution in [3.05, 3.63) is 84.6 Å². The van der Waals surface area contributed by atoms with Crippen molar-refractivity contribution in [2.24, 2.45) is 0 Å². The van der Waals surface area contributed by atoms with E-state index in [2.05, 4.69) is 15.3 Å². The molecule has 3 N–H and O–H groups in total. The molecule has 0 fully saturated rings. The number of benzene rings is 1. The standard InChI is InChI=1S/C20H19N3O4/c24-15-6-2-1-5-14(15)20(9-4-3-7-16(20)25)18-19(22-11-10-21-18)23-17-8-12-26-13-27-17/h1-12,16-17,24-25H,13H2,(H,22,23). The van der Waals surface area contributed by atoms with Crippen molar-refractivity contribution in [2.75, 3.05) is 12.1 Å². The fourth-order valence-electron chi connectivity index (χ4n) is 3.35. The predicted molar refractivity (Wildman–Crippen MR) is 98.8 cm³/mol. The Hall–Kier alpha value is -3.16. The number of nitrogens with one attached hydrogen (secondary N) is 1. The van der Waals surface area contributed by atoms with Gasteiger partial charge in [0.25, 0.3) is 0 Å². The Labute approximate surface area is 156 Å². The van der Waals surface area contributed by atoms with E-state index < -0.39 is 17.7 Å². The van der Waals surface area contributed by atoms with Crippen molar-refractivity contribution in [2.45, 2.75) is 17.7 Å². The molecule has 7 heteroatoms. The zero-order valence-corrected chi connectivity index (χ0v) is 14.4. The van der Waals surface area contributed by atoms with Gasteiger partial charge < -0.3 is 25.0 Å². The Balaban J connectivity index is 1.86. The van der Waals surface area contributed by atoms with E-state index in [1.54, 1.807) is 55.1 Å². The molecular weight excluding hydrogens is 346 g/mol. The Kier molecular flexibility index (Phi) is 4.62. The number of aliphatic hydroxyl groups is 1. The summed E-state index contributed by atoms with van der Waals surface area (Å²) in [4.78, 5) is 8.92. The molecule has 0 saturated carbocycles. The lowest BCUT2D eigenvalue weighted by Gasteiger charge is -2.37. The Bertz CT molecular complexity index is 912. The number of ether oxygens (including phenoxy) is 2. The van der Waals surface area contributed by atoms with E-state index in [-0.39, 0.29) is 12.5 Å². The molecule has 0 spiro atoms. The third-order valence-corrected chi connectivity index (χ3v) is 4.61. The number of allylic oxidation sites excluding steroid dienone is 2. The molecule has 3 atom stereocenters. The van der Waals surface area contributed by atoms with Crippen molar-refractivity contribution < 1.29 is 19.7 Å². The van der Waals surface area contributed by atoms with Crippen LogP contribution >= 0.6 is 0 Å². The second kappa shape index (κ2) is 7.22. The summed E-state index contributed by atoms with van der Waals surface area (Å²) in [6.45, 7) is 0.125. The van der Waals surface area contributed by atoms with Crippen LogP contribution in [0.1, 0.15) is 11.3 Å². The number of hydrogen-bond acceptors (Lipinski definition) is 7. The molecule has 138 valence electrons. The number of hydrogen-bond donors (Lipinski definition) is 3. The highest BCUT2D eigenvalue weighted by Gasteiger charge is 2.44. The first-order chi connectivity index (χ1) is 13.2. The lowest BCUT2D eigenvalue weighted by Crippen LogP contribution is -2.41. The fraction of sp³-hybridized carbons (Fsp3) is 0.200. The molecule has 1 aromatic heterocycles. The van der Waals surface area contributed by atoms with Crippen LogP contribution < -0.4 is 5.32 Å². The van der Waals surface area contributed by atoms with Crippen molar-refractivity contribution in [3.8, 4) is 5.75 Å². The van der Waals surface area contributed by atoms with Gasteiger partial charge in [-0.3, -0.25) is 4.98 Å². The molecule has 2 aromatic rings. The third kappa shape index (κ3) is 3.07. The smallest absolute Gasteiger partial charge is 0.190 e. The molecule has 0 bridgehead atoms. The predicted octanol–water partition coefficient (Wildman–Crippen LogP) is 2.21. The van der Waals surface area contributed by atoms with Crippen LogP contribution in [0.25, 0.3) is 0 Å². The molecule has 7 nitrogen and oxygen atoms in total. The molecule has 0 amide bonds. The molecule has 1 aliphatic carbocycles. The Morgan fingerprint density at radius 2 is 1.96 bits per heavy atom. The van der Waals surface area contributed by atoms with Crippen LogP contribution in [0, 0.1) is 0 Å². The van der Waals surface area contributed by atoms with Gasteiger partial charge in [0.05, 0.1) is 17.8 Å². The summed E-state index contributed by atoms with van der Waals surface area (Å²) in [6, 6.07) is 6.90. The molecule has 2 aliphatic rings. The quantitative estimate of drug-likeness (QED) is 0.764. The van der Waals surface area contributed by atoms with Crippen molar-refractivity contribution in [3.63, 3.8) is 0 Å². The maximum absolute atomic E-state index is 11.0. The zero-order chi connectivity index (χ0) is 18.7. The van der Waals surface area contributed by atoms with Crippen molar-refractivity contribution in [1.29, 1.82) is 0 Å². The molecule has 0 saturated heterocycles. The monoisotopic (exact) mass is 365 g/mol. The molecule has 3 unspecified atom stereocenters. The van der Waals surface area contributed by atoms with Crippen LogP contribution in [0.5, 0.6) is 5.75 Å². The van der Waals surface area contributed by atoms with Gasteiger partial charge in [0.1, 0.15) is 11.4 Å². The summed E-state index contributed by atoms with van der Waals surface area (Å²) in [5, 5.41) is 24.7. The van der Waals surface area contributed by atoms with Crippen LogP contribution in [0.2, 0.25) is 0 Å². The molecule has 0 radical (unpaired) electrons. The summed E-state index contributed by atoms with van der Waals surface area (Å²) in [6.07, 6.45) is 12.0. The highest BCUT2D eigenvalue weighted by atomic mass is 16.7. The van der Waals surface area contributed by atoms with Gasteiger partial charge in [-0.25, -0.2) is 4.98 Å². The normalized spacial score (nSPS) is 26.6. The first-order valence-corrected chi connectivity index (χ1v) is 8.52. The van der Waals surface area contributed by atoms with Gasteiger partial charge in [-0.1, -0.05) is 42.5 Å². The van der Waals surface area contributed by atoms with Gasteiger partial charge in [0, 0.05) is 18.0 Å². The molecule has 2 heterocycles. The van der Waals surface area contributed by atoms with E-state index in [0.717, 1.165) is 0 Å². The topological polar surface area (TPSA) is 96.7 Å². The summed E-state index contributed by atoms with van der Waals surface area (Å²) in [7, 11) is 0. The second-order valence-electron chi connectivity index (χ2n) is 6.17. The van der Waals surface area contributed by atoms with Crippen molar-refractivity contribution >= 4 is 5.82 Å². The number of aliphatic hydroxyl groups excluding tert-OH is 1. The van der Waals surface area contributed by atoms with E-state index in [0.29, 0.717) is 17.1 Å². The number of phenols is 1. The largest absolute Gasteiger partial charge is 0.508 e. The van der Waals surface area contributed by atoms with Gasteiger partial charge in [-0.15, -0.1) is 0 Å². The van der Waals surface area contributed by atoms with E-state index >= 15 is 0 Å². The van der Waals surface area contributed by atoms with Gasteiger partial charge >= 0.3 is 0 Å². The first-order valence-electron chi connectivity index (χ1n) is 8.52. The number of para-hydroxylation sites is 1. The van der Waals surface area contributed by atoms with Crippen LogP contribution in [0.15, 0.2) is 73.3 Å². The lowest BCUT2D eigenvalue weighted by atomic mass is 9.70. The van der Waals surface area contributed by atoms with Gasteiger partial charge in [-0.2, -0.15) is 0 Å². The maximum atomic E-state index is 11.0.